The molecule has 0 spiro atoms. The fourth-order valence-corrected chi connectivity index (χ4v) is 3.86. The first-order valence-corrected chi connectivity index (χ1v) is 8.70. The predicted octanol–water partition coefficient (Wildman–Crippen LogP) is 3.15. The van der Waals surface area contributed by atoms with Crippen molar-refractivity contribution >= 4 is 28.7 Å². The molecule has 3 nitrogen and oxygen atoms in total. The first-order valence-electron chi connectivity index (χ1n) is 7.41. The van der Waals surface area contributed by atoms with Crippen molar-refractivity contribution in [1.29, 1.82) is 0 Å². The number of hydrogen-bond donors (Lipinski definition) is 2. The van der Waals surface area contributed by atoms with Crippen LogP contribution in [0.3, 0.4) is 0 Å². The topological polar surface area (TPSA) is 27.3 Å². The number of rotatable bonds is 5. The van der Waals surface area contributed by atoms with Gasteiger partial charge in [0.1, 0.15) is 0 Å². The van der Waals surface area contributed by atoms with Crippen LogP contribution in [0.5, 0.6) is 0 Å². The Morgan fingerprint density at radius 3 is 2.75 bits per heavy atom. The molecule has 1 fully saturated rings. The van der Waals surface area contributed by atoms with Crippen LogP contribution in [0.25, 0.3) is 0 Å². The van der Waals surface area contributed by atoms with Crippen molar-refractivity contribution in [2.45, 2.75) is 44.2 Å². The number of nitrogens with zero attached hydrogens (tertiary/aromatic N) is 1. The monoisotopic (exact) mass is 311 g/mol. The number of thiocarbonyl (C=S) groups is 1. The third-order valence-corrected chi connectivity index (χ3v) is 5.13. The number of nitrogens with one attached hydrogen (secondary N) is 2. The Kier molecular flexibility index (Phi) is 6.26. The van der Waals surface area contributed by atoms with Gasteiger partial charge in [0.05, 0.1) is 6.04 Å². The molecule has 1 saturated carbocycles. The highest BCUT2D eigenvalue weighted by Crippen LogP contribution is 2.22. The molecule has 5 heteroatoms. The van der Waals surface area contributed by atoms with E-state index in [1.54, 1.807) is 11.3 Å². The van der Waals surface area contributed by atoms with Gasteiger partial charge in [-0.2, -0.15) is 0 Å². The molecule has 0 unspecified atom stereocenters. The Morgan fingerprint density at radius 1 is 1.40 bits per heavy atom. The maximum atomic E-state index is 5.43. The van der Waals surface area contributed by atoms with Crippen molar-refractivity contribution in [2.24, 2.45) is 0 Å². The molecule has 2 N–H and O–H groups in total. The summed E-state index contributed by atoms with van der Waals surface area (Å²) in [6.45, 7) is 0.853. The standard InChI is InChI=1S/C15H25N3S2/c1-18(2)13(14-9-6-10-20-14)11-16-15(19)17-12-7-4-3-5-8-12/h6,9-10,12-13H,3-5,7-8,11H2,1-2H3,(H2,16,17,19)/t13-/m1/s1. The minimum atomic E-state index is 0.376. The third-order valence-electron chi connectivity index (χ3n) is 3.89. The third kappa shape index (κ3) is 4.72. The molecule has 20 heavy (non-hydrogen) atoms. The molecule has 112 valence electrons. The van der Waals surface area contributed by atoms with Crippen LogP contribution >= 0.6 is 23.6 Å². The van der Waals surface area contributed by atoms with Gasteiger partial charge in [-0.1, -0.05) is 25.3 Å². The van der Waals surface area contributed by atoms with Crippen molar-refractivity contribution in [3.63, 3.8) is 0 Å². The Morgan fingerprint density at radius 2 is 2.15 bits per heavy atom. The van der Waals surface area contributed by atoms with Crippen molar-refractivity contribution < 1.29 is 0 Å². The van der Waals surface area contributed by atoms with Crippen LogP contribution in [0, 0.1) is 0 Å². The van der Waals surface area contributed by atoms with Gasteiger partial charge in [0, 0.05) is 17.5 Å². The van der Waals surface area contributed by atoms with E-state index in [4.69, 9.17) is 12.2 Å². The zero-order chi connectivity index (χ0) is 14.4. The second-order valence-electron chi connectivity index (χ2n) is 5.68. The molecule has 1 aromatic rings. The van der Waals surface area contributed by atoms with Gasteiger partial charge in [-0.25, -0.2) is 0 Å². The van der Waals surface area contributed by atoms with E-state index in [0.29, 0.717) is 12.1 Å². The maximum absolute atomic E-state index is 5.43. The van der Waals surface area contributed by atoms with E-state index in [1.807, 2.05) is 0 Å². The maximum Gasteiger partial charge on any atom is 0.166 e. The molecule has 2 rings (SSSR count). The first kappa shape index (κ1) is 15.7. The fraction of sp³-hybridized carbons (Fsp3) is 0.667. The Labute approximate surface area is 131 Å². The van der Waals surface area contributed by atoms with Crippen molar-refractivity contribution in [2.75, 3.05) is 20.6 Å². The average Bonchev–Trinajstić information content (AvgIpc) is 2.93. The quantitative estimate of drug-likeness (QED) is 0.817. The molecule has 0 aliphatic heterocycles. The Bertz CT molecular complexity index is 397. The second kappa shape index (κ2) is 7.96. The van der Waals surface area contributed by atoms with Gasteiger partial charge in [0.2, 0.25) is 0 Å². The lowest BCUT2D eigenvalue weighted by Gasteiger charge is -2.27. The molecule has 1 heterocycles. The van der Waals surface area contributed by atoms with Crippen molar-refractivity contribution in [3.8, 4) is 0 Å². The minimum Gasteiger partial charge on any atom is -0.361 e. The van der Waals surface area contributed by atoms with E-state index in [0.717, 1.165) is 11.7 Å². The summed E-state index contributed by atoms with van der Waals surface area (Å²) in [5.41, 5.74) is 0. The number of hydrogen-bond acceptors (Lipinski definition) is 3. The first-order chi connectivity index (χ1) is 9.66. The van der Waals surface area contributed by atoms with Crippen LogP contribution in [-0.4, -0.2) is 36.7 Å². The van der Waals surface area contributed by atoms with Gasteiger partial charge in [-0.05, 0) is 50.6 Å². The molecule has 0 radical (unpaired) electrons. The summed E-state index contributed by atoms with van der Waals surface area (Å²) in [5.74, 6) is 0. The lowest BCUT2D eigenvalue weighted by atomic mass is 9.96. The lowest BCUT2D eigenvalue weighted by Crippen LogP contribution is -2.45. The summed E-state index contributed by atoms with van der Waals surface area (Å²) in [6.07, 6.45) is 6.54. The lowest BCUT2D eigenvalue weighted by molar-refractivity contribution is 0.302. The van der Waals surface area contributed by atoms with E-state index >= 15 is 0 Å². The van der Waals surface area contributed by atoms with Crippen LogP contribution in [0.4, 0.5) is 0 Å². The van der Waals surface area contributed by atoms with Gasteiger partial charge in [0.25, 0.3) is 0 Å². The molecule has 1 aliphatic rings. The summed E-state index contributed by atoms with van der Waals surface area (Å²) >= 11 is 7.23. The highest BCUT2D eigenvalue weighted by molar-refractivity contribution is 7.80. The molecular formula is C15H25N3S2. The highest BCUT2D eigenvalue weighted by atomic mass is 32.1. The van der Waals surface area contributed by atoms with Gasteiger partial charge >= 0.3 is 0 Å². The van der Waals surface area contributed by atoms with E-state index in [9.17, 15) is 0 Å². The highest BCUT2D eigenvalue weighted by Gasteiger charge is 2.17. The van der Waals surface area contributed by atoms with Gasteiger partial charge in [0.15, 0.2) is 5.11 Å². The van der Waals surface area contributed by atoms with Crippen LogP contribution in [0.2, 0.25) is 0 Å². The Hall–Kier alpha value is -0.650. The minimum absolute atomic E-state index is 0.376. The normalized spacial score (nSPS) is 17.9. The van der Waals surface area contributed by atoms with Crippen LogP contribution in [0.15, 0.2) is 17.5 Å². The smallest absolute Gasteiger partial charge is 0.166 e. The van der Waals surface area contributed by atoms with Crippen molar-refractivity contribution in [1.82, 2.24) is 15.5 Å². The molecule has 0 saturated heterocycles. The molecule has 1 aliphatic carbocycles. The fourth-order valence-electron chi connectivity index (χ4n) is 2.69. The zero-order valence-electron chi connectivity index (χ0n) is 12.4. The second-order valence-corrected chi connectivity index (χ2v) is 7.07. The van der Waals surface area contributed by atoms with E-state index in [2.05, 4.69) is 47.1 Å². The predicted molar refractivity (Wildman–Crippen MR) is 91.4 cm³/mol. The van der Waals surface area contributed by atoms with Crippen molar-refractivity contribution in [3.05, 3.63) is 22.4 Å². The van der Waals surface area contributed by atoms with Crippen LogP contribution in [0.1, 0.15) is 43.0 Å². The average molecular weight is 312 g/mol. The van der Waals surface area contributed by atoms with Gasteiger partial charge in [-0.3, -0.25) is 0 Å². The summed E-state index contributed by atoms with van der Waals surface area (Å²) < 4.78 is 0. The molecule has 0 bridgehead atoms. The molecule has 0 amide bonds. The van der Waals surface area contributed by atoms with E-state index in [-0.39, 0.29) is 0 Å². The summed E-state index contributed by atoms with van der Waals surface area (Å²) in [4.78, 5) is 3.62. The summed E-state index contributed by atoms with van der Waals surface area (Å²) in [7, 11) is 4.23. The van der Waals surface area contributed by atoms with E-state index < -0.39 is 0 Å². The molecule has 1 aromatic heterocycles. The van der Waals surface area contributed by atoms with Crippen LogP contribution < -0.4 is 10.6 Å². The van der Waals surface area contributed by atoms with Gasteiger partial charge < -0.3 is 15.5 Å². The molecule has 0 aromatic carbocycles. The van der Waals surface area contributed by atoms with Crippen LogP contribution in [-0.2, 0) is 0 Å². The summed E-state index contributed by atoms with van der Waals surface area (Å²) in [5, 5.41) is 9.78. The number of thiophene rings is 1. The zero-order valence-corrected chi connectivity index (χ0v) is 14.0. The largest absolute Gasteiger partial charge is 0.361 e. The number of likely N-dealkylation sites (N-methyl/N-ethyl adjacent to an activating group) is 1. The molecular weight excluding hydrogens is 286 g/mol. The Balaban J connectivity index is 1.78. The van der Waals surface area contributed by atoms with Gasteiger partial charge in [-0.15, -0.1) is 11.3 Å². The summed E-state index contributed by atoms with van der Waals surface area (Å²) in [6, 6.07) is 5.24. The SMILES string of the molecule is CN(C)[C@H](CNC(=S)NC1CCCCC1)c1cccs1. The van der Waals surface area contributed by atoms with E-state index in [1.165, 1.54) is 37.0 Å². The molecule has 1 atom stereocenters.